The third-order valence-electron chi connectivity index (χ3n) is 6.40. The molecule has 0 atom stereocenters. The van der Waals surface area contributed by atoms with Gasteiger partial charge >= 0.3 is 0 Å². The Morgan fingerprint density at radius 3 is 2.11 bits per heavy atom. The molecule has 0 bridgehead atoms. The van der Waals surface area contributed by atoms with Crippen molar-refractivity contribution in [2.24, 2.45) is 5.92 Å². The highest BCUT2D eigenvalue weighted by Crippen LogP contribution is 2.42. The number of hydrogen-bond acceptors (Lipinski definition) is 3. The molecule has 0 unspecified atom stereocenters. The summed E-state index contributed by atoms with van der Waals surface area (Å²) >= 11 is 0. The van der Waals surface area contributed by atoms with Gasteiger partial charge in [-0.15, -0.1) is 0 Å². The van der Waals surface area contributed by atoms with Crippen molar-refractivity contribution in [3.63, 3.8) is 0 Å². The standard InChI is InChI=1S/C24H39N3/c1-3-5-7-9-11-13-23-26-18-22(19-27-23)24(20-25)16-14-21(15-17-24)12-10-8-6-4-2/h18-19,21H,3-17H2,1-2H3/t21-,24+. The molecule has 3 nitrogen and oxygen atoms in total. The summed E-state index contributed by atoms with van der Waals surface area (Å²) in [4.78, 5) is 9.18. The van der Waals surface area contributed by atoms with Crippen molar-refractivity contribution in [1.29, 1.82) is 5.26 Å². The van der Waals surface area contributed by atoms with E-state index in [1.807, 2.05) is 12.4 Å². The van der Waals surface area contributed by atoms with Gasteiger partial charge in [0.05, 0.1) is 11.5 Å². The molecular formula is C24H39N3. The summed E-state index contributed by atoms with van der Waals surface area (Å²) in [5.41, 5.74) is 0.698. The Morgan fingerprint density at radius 2 is 1.52 bits per heavy atom. The van der Waals surface area contributed by atoms with Crippen LogP contribution in [0.3, 0.4) is 0 Å². The summed E-state index contributed by atoms with van der Waals surface area (Å²) in [6.45, 7) is 4.51. The molecule has 1 fully saturated rings. The maximum Gasteiger partial charge on any atom is 0.128 e. The van der Waals surface area contributed by atoms with E-state index in [0.29, 0.717) is 0 Å². The van der Waals surface area contributed by atoms with Crippen molar-refractivity contribution in [1.82, 2.24) is 9.97 Å². The number of nitriles is 1. The summed E-state index contributed by atoms with van der Waals surface area (Å²) < 4.78 is 0. The van der Waals surface area contributed by atoms with E-state index in [2.05, 4.69) is 29.9 Å². The molecule has 0 saturated heterocycles. The lowest BCUT2D eigenvalue weighted by Gasteiger charge is -2.35. The van der Waals surface area contributed by atoms with Gasteiger partial charge in [0.15, 0.2) is 0 Å². The molecule has 27 heavy (non-hydrogen) atoms. The van der Waals surface area contributed by atoms with Gasteiger partial charge in [0.25, 0.3) is 0 Å². The average molecular weight is 370 g/mol. The van der Waals surface area contributed by atoms with Gasteiger partial charge in [-0.05, 0) is 38.0 Å². The minimum atomic E-state index is -0.348. The summed E-state index contributed by atoms with van der Waals surface area (Å²) in [7, 11) is 0. The van der Waals surface area contributed by atoms with Gasteiger partial charge in [0, 0.05) is 24.4 Å². The van der Waals surface area contributed by atoms with E-state index < -0.39 is 0 Å². The van der Waals surface area contributed by atoms with E-state index in [9.17, 15) is 5.26 Å². The second-order valence-electron chi connectivity index (χ2n) is 8.54. The SMILES string of the molecule is CCCCCCCc1ncc([C@]2(C#N)CC[C@H](CCCCCC)CC2)cn1. The molecular weight excluding hydrogens is 330 g/mol. The number of unbranched alkanes of at least 4 members (excludes halogenated alkanes) is 7. The summed E-state index contributed by atoms with van der Waals surface area (Å²) in [6, 6.07) is 2.64. The van der Waals surface area contributed by atoms with Gasteiger partial charge in [0.1, 0.15) is 5.82 Å². The highest BCUT2D eigenvalue weighted by molar-refractivity contribution is 5.29. The van der Waals surface area contributed by atoms with Crippen molar-refractivity contribution < 1.29 is 0 Å². The smallest absolute Gasteiger partial charge is 0.128 e. The van der Waals surface area contributed by atoms with E-state index in [4.69, 9.17) is 0 Å². The fourth-order valence-corrected chi connectivity index (χ4v) is 4.40. The van der Waals surface area contributed by atoms with E-state index in [0.717, 1.165) is 36.6 Å². The normalized spacial score (nSPS) is 22.5. The predicted octanol–water partition coefficient (Wildman–Crippen LogP) is 6.91. The van der Waals surface area contributed by atoms with Crippen LogP contribution < -0.4 is 0 Å². The molecule has 1 heterocycles. The number of aromatic nitrogens is 2. The zero-order chi connectivity index (χ0) is 19.4. The monoisotopic (exact) mass is 369 g/mol. The molecule has 0 aliphatic heterocycles. The second-order valence-corrected chi connectivity index (χ2v) is 8.54. The van der Waals surface area contributed by atoms with Crippen LogP contribution in [0.2, 0.25) is 0 Å². The van der Waals surface area contributed by atoms with Gasteiger partial charge in [-0.25, -0.2) is 9.97 Å². The Balaban J connectivity index is 1.82. The van der Waals surface area contributed by atoms with Crippen LogP contribution in [0, 0.1) is 17.2 Å². The van der Waals surface area contributed by atoms with Crippen LogP contribution >= 0.6 is 0 Å². The van der Waals surface area contributed by atoms with Crippen LogP contribution in [0.15, 0.2) is 12.4 Å². The van der Waals surface area contributed by atoms with Crippen molar-refractivity contribution in [2.45, 2.75) is 116 Å². The minimum Gasteiger partial charge on any atom is -0.241 e. The molecule has 1 aliphatic rings. The minimum absolute atomic E-state index is 0.348. The Kier molecular flexibility index (Phi) is 9.81. The fourth-order valence-electron chi connectivity index (χ4n) is 4.40. The quantitative estimate of drug-likeness (QED) is 0.376. The molecule has 0 amide bonds. The predicted molar refractivity (Wildman–Crippen MR) is 113 cm³/mol. The van der Waals surface area contributed by atoms with Crippen LogP contribution in [-0.2, 0) is 11.8 Å². The molecule has 0 aromatic carbocycles. The first kappa shape index (κ1) is 21.9. The molecule has 1 aliphatic carbocycles. The molecule has 1 aromatic heterocycles. The average Bonchev–Trinajstić information content (AvgIpc) is 2.72. The molecule has 3 heteroatoms. The Labute approximate surface area is 167 Å². The number of hydrogen-bond donors (Lipinski definition) is 0. The number of nitrogens with zero attached hydrogens (tertiary/aromatic N) is 3. The Morgan fingerprint density at radius 1 is 0.926 bits per heavy atom. The van der Waals surface area contributed by atoms with Crippen LogP contribution in [0.4, 0.5) is 0 Å². The van der Waals surface area contributed by atoms with Gasteiger partial charge in [0.2, 0.25) is 0 Å². The van der Waals surface area contributed by atoms with E-state index in [1.165, 1.54) is 77.0 Å². The largest absolute Gasteiger partial charge is 0.241 e. The second kappa shape index (κ2) is 12.1. The lowest BCUT2D eigenvalue weighted by molar-refractivity contribution is 0.260. The number of rotatable bonds is 12. The third kappa shape index (κ3) is 6.91. The highest BCUT2D eigenvalue weighted by atomic mass is 14.9. The highest BCUT2D eigenvalue weighted by Gasteiger charge is 2.37. The van der Waals surface area contributed by atoms with Crippen LogP contribution in [-0.4, -0.2) is 9.97 Å². The maximum absolute atomic E-state index is 9.91. The molecule has 0 spiro atoms. The van der Waals surface area contributed by atoms with Crippen LogP contribution in [0.5, 0.6) is 0 Å². The first-order chi connectivity index (χ1) is 13.2. The Hall–Kier alpha value is -1.43. The van der Waals surface area contributed by atoms with Crippen molar-refractivity contribution in [2.75, 3.05) is 0 Å². The first-order valence-electron chi connectivity index (χ1n) is 11.5. The van der Waals surface area contributed by atoms with Gasteiger partial charge in [-0.2, -0.15) is 5.26 Å². The topological polar surface area (TPSA) is 49.6 Å². The first-order valence-corrected chi connectivity index (χ1v) is 11.5. The summed E-state index contributed by atoms with van der Waals surface area (Å²) in [5, 5.41) is 9.91. The van der Waals surface area contributed by atoms with Crippen LogP contribution in [0.25, 0.3) is 0 Å². The molecule has 0 N–H and O–H groups in total. The lowest BCUT2D eigenvalue weighted by atomic mass is 9.67. The van der Waals surface area contributed by atoms with E-state index in [1.54, 1.807) is 0 Å². The zero-order valence-corrected chi connectivity index (χ0v) is 17.7. The zero-order valence-electron chi connectivity index (χ0n) is 17.7. The summed E-state index contributed by atoms with van der Waals surface area (Å²) in [6.07, 6.45) is 22.2. The van der Waals surface area contributed by atoms with E-state index in [-0.39, 0.29) is 5.41 Å². The fraction of sp³-hybridized carbons (Fsp3) is 0.792. The Bertz CT molecular complexity index is 550. The molecule has 1 saturated carbocycles. The van der Waals surface area contributed by atoms with Crippen molar-refractivity contribution >= 4 is 0 Å². The van der Waals surface area contributed by atoms with Gasteiger partial charge in [-0.1, -0.05) is 71.6 Å². The van der Waals surface area contributed by atoms with Crippen molar-refractivity contribution in [3.05, 3.63) is 23.8 Å². The molecule has 2 rings (SSSR count). The number of aryl methyl sites for hydroxylation is 1. The molecule has 1 aromatic rings. The molecule has 150 valence electrons. The third-order valence-corrected chi connectivity index (χ3v) is 6.40. The van der Waals surface area contributed by atoms with Gasteiger partial charge < -0.3 is 0 Å². The maximum atomic E-state index is 9.91. The van der Waals surface area contributed by atoms with E-state index >= 15 is 0 Å². The lowest BCUT2D eigenvalue weighted by Crippen LogP contribution is -2.30. The summed E-state index contributed by atoms with van der Waals surface area (Å²) in [5.74, 6) is 1.75. The molecule has 0 radical (unpaired) electrons. The van der Waals surface area contributed by atoms with Crippen LogP contribution in [0.1, 0.15) is 115 Å². The van der Waals surface area contributed by atoms with Crippen molar-refractivity contribution in [3.8, 4) is 6.07 Å². The van der Waals surface area contributed by atoms with Gasteiger partial charge in [-0.3, -0.25) is 0 Å².